The van der Waals surface area contributed by atoms with Crippen LogP contribution < -0.4 is 5.32 Å². The molecule has 0 unspecified atom stereocenters. The minimum absolute atomic E-state index is 0.00852. The molecule has 1 saturated heterocycles. The Morgan fingerprint density at radius 3 is 3.19 bits per heavy atom. The van der Waals surface area contributed by atoms with E-state index < -0.39 is 0 Å². The molecule has 1 amide bonds. The summed E-state index contributed by atoms with van der Waals surface area (Å²) in [5, 5.41) is 2.76. The maximum atomic E-state index is 11.6. The third-order valence-electron chi connectivity index (χ3n) is 2.65. The van der Waals surface area contributed by atoms with Gasteiger partial charge in [0.2, 0.25) is 5.91 Å². The van der Waals surface area contributed by atoms with Crippen molar-refractivity contribution >= 4 is 11.7 Å². The van der Waals surface area contributed by atoms with E-state index >= 15 is 0 Å². The van der Waals surface area contributed by atoms with Crippen LogP contribution in [-0.2, 0) is 9.53 Å². The molecule has 2 heterocycles. The summed E-state index contributed by atoms with van der Waals surface area (Å²) in [6.45, 7) is 0.840. The highest BCUT2D eigenvalue weighted by Crippen LogP contribution is 2.17. The van der Waals surface area contributed by atoms with Crippen LogP contribution in [0, 0.1) is 0 Å². The summed E-state index contributed by atoms with van der Waals surface area (Å²) in [5.41, 5.74) is 0. The van der Waals surface area contributed by atoms with E-state index in [0.29, 0.717) is 12.2 Å². The summed E-state index contributed by atoms with van der Waals surface area (Å²) in [5.74, 6) is 0.619. The summed E-state index contributed by atoms with van der Waals surface area (Å²) in [6, 6.07) is 5.45. The summed E-state index contributed by atoms with van der Waals surface area (Å²) in [4.78, 5) is 15.6. The molecule has 1 atom stereocenters. The second-order valence-electron chi connectivity index (χ2n) is 3.94. The van der Waals surface area contributed by atoms with Crippen molar-refractivity contribution in [3.63, 3.8) is 0 Å². The van der Waals surface area contributed by atoms with E-state index in [9.17, 15) is 4.79 Å². The molecule has 1 fully saturated rings. The molecule has 2 rings (SSSR count). The monoisotopic (exact) mass is 220 g/mol. The zero-order valence-electron chi connectivity index (χ0n) is 9.19. The second-order valence-corrected chi connectivity index (χ2v) is 3.94. The molecule has 4 heteroatoms. The predicted octanol–water partition coefficient (Wildman–Crippen LogP) is 1.98. The predicted molar refractivity (Wildman–Crippen MR) is 61.1 cm³/mol. The van der Waals surface area contributed by atoms with Crippen molar-refractivity contribution < 1.29 is 9.53 Å². The molecule has 1 aliphatic heterocycles. The van der Waals surface area contributed by atoms with Crippen LogP contribution in [0.15, 0.2) is 24.4 Å². The lowest BCUT2D eigenvalue weighted by molar-refractivity contribution is -0.116. The SMILES string of the molecule is O=C(CC[C@H]1CCCO1)Nc1ccccn1. The second kappa shape index (κ2) is 5.61. The third-order valence-corrected chi connectivity index (χ3v) is 2.65. The number of anilines is 1. The quantitative estimate of drug-likeness (QED) is 0.844. The highest BCUT2D eigenvalue weighted by Gasteiger charge is 2.16. The van der Waals surface area contributed by atoms with Crippen molar-refractivity contribution in [1.82, 2.24) is 4.98 Å². The molecule has 86 valence electrons. The van der Waals surface area contributed by atoms with Crippen molar-refractivity contribution in [1.29, 1.82) is 0 Å². The topological polar surface area (TPSA) is 51.2 Å². The fourth-order valence-electron chi connectivity index (χ4n) is 1.81. The molecule has 0 radical (unpaired) electrons. The Balaban J connectivity index is 1.72. The van der Waals surface area contributed by atoms with Crippen LogP contribution in [0.1, 0.15) is 25.7 Å². The zero-order valence-corrected chi connectivity index (χ0v) is 9.19. The first-order chi connectivity index (χ1) is 7.84. The Kier molecular flexibility index (Phi) is 3.88. The molecule has 0 saturated carbocycles. The standard InChI is InChI=1S/C12H16N2O2/c15-12(7-6-10-4-3-9-16-10)14-11-5-1-2-8-13-11/h1-2,5,8,10H,3-4,6-7,9H2,(H,13,14,15)/t10-/m1/s1. The van der Waals surface area contributed by atoms with Crippen LogP contribution in [-0.4, -0.2) is 23.6 Å². The molecule has 0 spiro atoms. The van der Waals surface area contributed by atoms with E-state index in [4.69, 9.17) is 4.74 Å². The molecule has 1 aromatic rings. The lowest BCUT2D eigenvalue weighted by Gasteiger charge is -2.08. The van der Waals surface area contributed by atoms with Gasteiger partial charge in [0.1, 0.15) is 5.82 Å². The van der Waals surface area contributed by atoms with E-state index in [0.717, 1.165) is 25.9 Å². The molecule has 4 nitrogen and oxygen atoms in total. The lowest BCUT2D eigenvalue weighted by Crippen LogP contribution is -2.15. The Hall–Kier alpha value is -1.42. The van der Waals surface area contributed by atoms with Crippen LogP contribution in [0.2, 0.25) is 0 Å². The number of aromatic nitrogens is 1. The van der Waals surface area contributed by atoms with Crippen LogP contribution in [0.5, 0.6) is 0 Å². The highest BCUT2D eigenvalue weighted by molar-refractivity contribution is 5.89. The molecule has 0 aliphatic carbocycles. The maximum absolute atomic E-state index is 11.6. The number of amides is 1. The summed E-state index contributed by atoms with van der Waals surface area (Å²) in [7, 11) is 0. The molecular formula is C12H16N2O2. The molecule has 1 aliphatic rings. The number of carbonyl (C=O) groups is 1. The molecule has 1 aromatic heterocycles. The minimum Gasteiger partial charge on any atom is -0.378 e. The smallest absolute Gasteiger partial charge is 0.225 e. The van der Waals surface area contributed by atoms with E-state index in [1.807, 2.05) is 12.1 Å². The van der Waals surface area contributed by atoms with Gasteiger partial charge in [-0.15, -0.1) is 0 Å². The number of carbonyl (C=O) groups excluding carboxylic acids is 1. The average molecular weight is 220 g/mol. The van der Waals surface area contributed by atoms with E-state index in [2.05, 4.69) is 10.3 Å². The van der Waals surface area contributed by atoms with Gasteiger partial charge in [0.05, 0.1) is 6.10 Å². The largest absolute Gasteiger partial charge is 0.378 e. The first kappa shape index (κ1) is 11.1. The molecular weight excluding hydrogens is 204 g/mol. The van der Waals surface area contributed by atoms with E-state index in [1.54, 1.807) is 12.3 Å². The normalized spacial score (nSPS) is 19.6. The van der Waals surface area contributed by atoms with Crippen molar-refractivity contribution in [2.75, 3.05) is 11.9 Å². The van der Waals surface area contributed by atoms with Gasteiger partial charge < -0.3 is 10.1 Å². The molecule has 0 bridgehead atoms. The van der Waals surface area contributed by atoms with Crippen molar-refractivity contribution in [3.05, 3.63) is 24.4 Å². The van der Waals surface area contributed by atoms with Crippen LogP contribution in [0.4, 0.5) is 5.82 Å². The van der Waals surface area contributed by atoms with E-state index in [1.165, 1.54) is 0 Å². The first-order valence-electron chi connectivity index (χ1n) is 5.67. The first-order valence-corrected chi connectivity index (χ1v) is 5.67. The van der Waals surface area contributed by atoms with Gasteiger partial charge in [-0.1, -0.05) is 6.07 Å². The number of hydrogen-bond donors (Lipinski definition) is 1. The molecule has 0 aromatic carbocycles. The Morgan fingerprint density at radius 1 is 1.56 bits per heavy atom. The number of nitrogens with one attached hydrogen (secondary N) is 1. The summed E-state index contributed by atoms with van der Waals surface area (Å²) in [6.07, 6.45) is 5.44. The number of hydrogen-bond acceptors (Lipinski definition) is 3. The number of nitrogens with zero attached hydrogens (tertiary/aromatic N) is 1. The lowest BCUT2D eigenvalue weighted by atomic mass is 10.1. The van der Waals surface area contributed by atoms with Gasteiger partial charge in [0, 0.05) is 19.2 Å². The van der Waals surface area contributed by atoms with Gasteiger partial charge in [0.15, 0.2) is 0 Å². The van der Waals surface area contributed by atoms with Gasteiger partial charge in [-0.25, -0.2) is 4.98 Å². The van der Waals surface area contributed by atoms with Crippen molar-refractivity contribution in [2.45, 2.75) is 31.8 Å². The third kappa shape index (κ3) is 3.31. The number of pyridine rings is 1. The van der Waals surface area contributed by atoms with Gasteiger partial charge in [-0.2, -0.15) is 0 Å². The minimum atomic E-state index is 0.00852. The number of ether oxygens (including phenoxy) is 1. The Labute approximate surface area is 95.0 Å². The van der Waals surface area contributed by atoms with Crippen LogP contribution in [0.25, 0.3) is 0 Å². The zero-order chi connectivity index (χ0) is 11.2. The van der Waals surface area contributed by atoms with Crippen LogP contribution in [0.3, 0.4) is 0 Å². The maximum Gasteiger partial charge on any atom is 0.225 e. The fourth-order valence-corrected chi connectivity index (χ4v) is 1.81. The Morgan fingerprint density at radius 2 is 2.50 bits per heavy atom. The number of rotatable bonds is 4. The van der Waals surface area contributed by atoms with Gasteiger partial charge >= 0.3 is 0 Å². The average Bonchev–Trinajstić information content (AvgIpc) is 2.81. The molecule has 1 N–H and O–H groups in total. The van der Waals surface area contributed by atoms with Gasteiger partial charge in [-0.3, -0.25) is 4.79 Å². The van der Waals surface area contributed by atoms with Gasteiger partial charge in [0.25, 0.3) is 0 Å². The fraction of sp³-hybridized carbons (Fsp3) is 0.500. The summed E-state index contributed by atoms with van der Waals surface area (Å²) < 4.78 is 5.46. The highest BCUT2D eigenvalue weighted by atomic mass is 16.5. The Bertz CT molecular complexity index is 334. The van der Waals surface area contributed by atoms with Crippen molar-refractivity contribution in [2.24, 2.45) is 0 Å². The van der Waals surface area contributed by atoms with Crippen molar-refractivity contribution in [3.8, 4) is 0 Å². The summed E-state index contributed by atoms with van der Waals surface area (Å²) >= 11 is 0. The van der Waals surface area contributed by atoms with Crippen LogP contribution >= 0.6 is 0 Å². The van der Waals surface area contributed by atoms with Gasteiger partial charge in [-0.05, 0) is 31.4 Å². The van der Waals surface area contributed by atoms with E-state index in [-0.39, 0.29) is 12.0 Å². The molecule has 16 heavy (non-hydrogen) atoms.